The number of hydrogen-bond donors (Lipinski definition) is 1. The van der Waals surface area contributed by atoms with Crippen molar-refractivity contribution < 1.29 is 13.3 Å². The largest absolute Gasteiger partial charge is 0.381 e. The van der Waals surface area contributed by atoms with Crippen molar-refractivity contribution in [1.29, 1.82) is 0 Å². The Morgan fingerprint density at radius 1 is 1.33 bits per heavy atom. The fourth-order valence-electron chi connectivity index (χ4n) is 1.27. The van der Waals surface area contributed by atoms with Crippen LogP contribution in [0.3, 0.4) is 0 Å². The summed E-state index contributed by atoms with van der Waals surface area (Å²) in [4.78, 5) is 0. The SMILES string of the molecule is Cc1c(F)ccc(-c2cc(N)no2)c1F. The van der Waals surface area contributed by atoms with Crippen LogP contribution in [0.4, 0.5) is 14.6 Å². The zero-order valence-electron chi connectivity index (χ0n) is 7.92. The summed E-state index contributed by atoms with van der Waals surface area (Å²) in [6, 6.07) is 3.85. The first kappa shape index (κ1) is 9.64. The number of rotatable bonds is 1. The highest BCUT2D eigenvalue weighted by molar-refractivity contribution is 5.61. The number of aromatic nitrogens is 1. The molecule has 0 radical (unpaired) electrons. The van der Waals surface area contributed by atoms with Crippen LogP contribution >= 0.6 is 0 Å². The summed E-state index contributed by atoms with van der Waals surface area (Å²) >= 11 is 0. The molecule has 2 rings (SSSR count). The second kappa shape index (κ2) is 3.34. The number of halogens is 2. The quantitative estimate of drug-likeness (QED) is 0.786. The molecule has 1 aromatic heterocycles. The minimum absolute atomic E-state index is 0.0533. The summed E-state index contributed by atoms with van der Waals surface area (Å²) in [7, 11) is 0. The third kappa shape index (κ3) is 1.56. The average Bonchev–Trinajstić information content (AvgIpc) is 2.61. The molecule has 0 aliphatic carbocycles. The first-order valence-electron chi connectivity index (χ1n) is 4.26. The summed E-state index contributed by atoms with van der Waals surface area (Å²) in [6.07, 6.45) is 0. The van der Waals surface area contributed by atoms with E-state index < -0.39 is 11.6 Å². The van der Waals surface area contributed by atoms with Crippen LogP contribution in [-0.2, 0) is 0 Å². The Bertz CT molecular complexity index is 508. The zero-order chi connectivity index (χ0) is 11.0. The minimum Gasteiger partial charge on any atom is -0.381 e. The number of nitrogens with zero attached hydrogens (tertiary/aromatic N) is 1. The smallest absolute Gasteiger partial charge is 0.172 e. The average molecular weight is 210 g/mol. The minimum atomic E-state index is -0.661. The molecule has 1 aromatic carbocycles. The van der Waals surface area contributed by atoms with E-state index in [1.165, 1.54) is 25.1 Å². The molecule has 0 aliphatic heterocycles. The van der Waals surface area contributed by atoms with E-state index in [4.69, 9.17) is 10.3 Å². The molecular weight excluding hydrogens is 202 g/mol. The molecule has 0 aliphatic rings. The van der Waals surface area contributed by atoms with Gasteiger partial charge >= 0.3 is 0 Å². The van der Waals surface area contributed by atoms with Gasteiger partial charge in [0.15, 0.2) is 11.6 Å². The van der Waals surface area contributed by atoms with E-state index in [1.54, 1.807) is 0 Å². The normalized spacial score (nSPS) is 10.6. The molecule has 5 heteroatoms. The van der Waals surface area contributed by atoms with E-state index in [2.05, 4.69) is 5.16 Å². The van der Waals surface area contributed by atoms with Crippen molar-refractivity contribution in [3.05, 3.63) is 35.4 Å². The fraction of sp³-hybridized carbons (Fsp3) is 0.100. The molecule has 3 nitrogen and oxygen atoms in total. The Morgan fingerprint density at radius 3 is 2.67 bits per heavy atom. The number of nitrogen functional groups attached to an aromatic ring is 1. The lowest BCUT2D eigenvalue weighted by atomic mass is 10.1. The van der Waals surface area contributed by atoms with Gasteiger partial charge in [-0.15, -0.1) is 0 Å². The summed E-state index contributed by atoms with van der Waals surface area (Å²) in [5.41, 5.74) is 5.43. The number of nitrogens with two attached hydrogens (primary N) is 1. The molecule has 78 valence electrons. The topological polar surface area (TPSA) is 52.0 Å². The molecular formula is C10H8F2N2O. The standard InChI is InChI=1S/C10H8F2N2O/c1-5-7(11)3-2-6(10(5)12)8-4-9(13)14-15-8/h2-4H,1H3,(H2,13,14). The highest BCUT2D eigenvalue weighted by Crippen LogP contribution is 2.27. The molecule has 0 amide bonds. The van der Waals surface area contributed by atoms with E-state index in [9.17, 15) is 8.78 Å². The molecule has 0 bridgehead atoms. The van der Waals surface area contributed by atoms with Crippen LogP contribution in [0.2, 0.25) is 0 Å². The van der Waals surface area contributed by atoms with Crippen LogP contribution in [-0.4, -0.2) is 5.16 Å². The van der Waals surface area contributed by atoms with E-state index in [0.29, 0.717) is 0 Å². The molecule has 0 spiro atoms. The third-order valence-corrected chi connectivity index (χ3v) is 2.11. The molecule has 1 heterocycles. The van der Waals surface area contributed by atoms with E-state index in [1.807, 2.05) is 0 Å². The first-order chi connectivity index (χ1) is 7.09. The van der Waals surface area contributed by atoms with Gasteiger partial charge in [-0.25, -0.2) is 8.78 Å². The first-order valence-corrected chi connectivity index (χ1v) is 4.26. The monoisotopic (exact) mass is 210 g/mol. The lowest BCUT2D eigenvalue weighted by Gasteiger charge is -2.02. The number of benzene rings is 1. The molecule has 0 saturated carbocycles. The van der Waals surface area contributed by atoms with Crippen LogP contribution in [0.5, 0.6) is 0 Å². The Labute approximate surface area is 84.5 Å². The van der Waals surface area contributed by atoms with Crippen molar-refractivity contribution >= 4 is 5.82 Å². The molecule has 15 heavy (non-hydrogen) atoms. The summed E-state index contributed by atoms with van der Waals surface area (Å²) in [5, 5.41) is 3.43. The van der Waals surface area contributed by atoms with Gasteiger partial charge in [-0.05, 0) is 19.1 Å². The molecule has 2 aromatic rings. The maximum Gasteiger partial charge on any atom is 0.172 e. The molecule has 0 atom stereocenters. The van der Waals surface area contributed by atoms with Crippen LogP contribution in [0.1, 0.15) is 5.56 Å². The van der Waals surface area contributed by atoms with Gasteiger partial charge < -0.3 is 10.3 Å². The summed E-state index contributed by atoms with van der Waals surface area (Å²) in [5.74, 6) is -0.908. The highest BCUT2D eigenvalue weighted by atomic mass is 19.1. The van der Waals surface area contributed by atoms with E-state index >= 15 is 0 Å². The van der Waals surface area contributed by atoms with Gasteiger partial charge in [-0.3, -0.25) is 0 Å². The van der Waals surface area contributed by atoms with Gasteiger partial charge in [0, 0.05) is 11.6 Å². The maximum atomic E-state index is 13.6. The summed E-state index contributed by atoms with van der Waals surface area (Å²) < 4.78 is 31.3. The zero-order valence-corrected chi connectivity index (χ0v) is 7.92. The second-order valence-corrected chi connectivity index (χ2v) is 3.15. The molecule has 0 unspecified atom stereocenters. The lowest BCUT2D eigenvalue weighted by Crippen LogP contribution is -1.91. The molecule has 0 saturated heterocycles. The Morgan fingerprint density at radius 2 is 2.07 bits per heavy atom. The van der Waals surface area contributed by atoms with Crippen LogP contribution in [0.25, 0.3) is 11.3 Å². The van der Waals surface area contributed by atoms with Crippen molar-refractivity contribution in [1.82, 2.24) is 5.16 Å². The predicted molar refractivity (Wildman–Crippen MR) is 51.0 cm³/mol. The third-order valence-electron chi connectivity index (χ3n) is 2.11. The second-order valence-electron chi connectivity index (χ2n) is 3.15. The Hall–Kier alpha value is -1.91. The van der Waals surface area contributed by atoms with Crippen LogP contribution in [0, 0.1) is 18.6 Å². The number of anilines is 1. The van der Waals surface area contributed by atoms with E-state index in [-0.39, 0.29) is 22.7 Å². The fourth-order valence-corrected chi connectivity index (χ4v) is 1.27. The Balaban J connectivity index is 2.59. The van der Waals surface area contributed by atoms with Crippen molar-refractivity contribution in [2.45, 2.75) is 6.92 Å². The van der Waals surface area contributed by atoms with Gasteiger partial charge in [0.1, 0.15) is 11.6 Å². The van der Waals surface area contributed by atoms with Gasteiger partial charge in [0.05, 0.1) is 5.56 Å². The van der Waals surface area contributed by atoms with Gasteiger partial charge in [-0.1, -0.05) is 5.16 Å². The lowest BCUT2D eigenvalue weighted by molar-refractivity contribution is 0.432. The van der Waals surface area contributed by atoms with Gasteiger partial charge in [0.2, 0.25) is 0 Å². The Kier molecular flexibility index (Phi) is 2.15. The van der Waals surface area contributed by atoms with Crippen LogP contribution in [0.15, 0.2) is 22.7 Å². The van der Waals surface area contributed by atoms with Crippen molar-refractivity contribution in [2.24, 2.45) is 0 Å². The highest BCUT2D eigenvalue weighted by Gasteiger charge is 2.14. The number of hydrogen-bond acceptors (Lipinski definition) is 3. The van der Waals surface area contributed by atoms with Crippen LogP contribution < -0.4 is 5.73 Å². The van der Waals surface area contributed by atoms with Crippen molar-refractivity contribution in [3.63, 3.8) is 0 Å². The van der Waals surface area contributed by atoms with Gasteiger partial charge in [-0.2, -0.15) is 0 Å². The maximum absolute atomic E-state index is 13.6. The van der Waals surface area contributed by atoms with Gasteiger partial charge in [0.25, 0.3) is 0 Å². The van der Waals surface area contributed by atoms with E-state index in [0.717, 1.165) is 0 Å². The molecule has 0 fully saturated rings. The predicted octanol–water partition coefficient (Wildman–Crippen LogP) is 2.51. The van der Waals surface area contributed by atoms with Crippen molar-refractivity contribution in [3.8, 4) is 11.3 Å². The molecule has 2 N–H and O–H groups in total. The summed E-state index contributed by atoms with van der Waals surface area (Å²) in [6.45, 7) is 1.36. The van der Waals surface area contributed by atoms with Crippen molar-refractivity contribution in [2.75, 3.05) is 5.73 Å².